The van der Waals surface area contributed by atoms with E-state index in [0.29, 0.717) is 0 Å². The van der Waals surface area contributed by atoms with Gasteiger partial charge in [0, 0.05) is 42.3 Å². The number of aromatic nitrogens is 2. The molecule has 0 aliphatic heterocycles. The van der Waals surface area contributed by atoms with Crippen LogP contribution >= 0.6 is 15.9 Å². The van der Waals surface area contributed by atoms with Crippen molar-refractivity contribution in [3.8, 4) is 0 Å². The number of rotatable bonds is 7. The number of benzene rings is 1. The highest BCUT2D eigenvalue weighted by molar-refractivity contribution is 9.10. The summed E-state index contributed by atoms with van der Waals surface area (Å²) in [5, 5.41) is 3.31. The molecule has 0 saturated carbocycles. The van der Waals surface area contributed by atoms with E-state index in [4.69, 9.17) is 4.74 Å². The van der Waals surface area contributed by atoms with Crippen molar-refractivity contribution in [2.45, 2.75) is 19.9 Å². The molecule has 1 aromatic heterocycles. The first kappa shape index (κ1) is 14.1. The molecule has 102 valence electrons. The van der Waals surface area contributed by atoms with Gasteiger partial charge in [-0.2, -0.15) is 0 Å². The molecule has 5 heteroatoms. The molecule has 1 heterocycles. The summed E-state index contributed by atoms with van der Waals surface area (Å²) in [4.78, 5) is 4.33. The lowest BCUT2D eigenvalue weighted by Crippen LogP contribution is -2.05. The molecule has 0 radical (unpaired) electrons. The maximum atomic E-state index is 5.34. The van der Waals surface area contributed by atoms with Gasteiger partial charge >= 0.3 is 0 Å². The van der Waals surface area contributed by atoms with Crippen LogP contribution in [0.25, 0.3) is 0 Å². The Kier molecular flexibility index (Phi) is 5.42. The summed E-state index contributed by atoms with van der Waals surface area (Å²) in [6.07, 6.45) is 4.77. The van der Waals surface area contributed by atoms with Gasteiger partial charge in [-0.3, -0.25) is 0 Å². The van der Waals surface area contributed by atoms with Crippen molar-refractivity contribution in [3.05, 3.63) is 41.1 Å². The van der Waals surface area contributed by atoms with Gasteiger partial charge in [0.1, 0.15) is 0 Å². The monoisotopic (exact) mass is 323 g/mol. The predicted molar refractivity (Wildman–Crippen MR) is 80.8 cm³/mol. The van der Waals surface area contributed by atoms with Crippen molar-refractivity contribution in [1.29, 1.82) is 0 Å². The van der Waals surface area contributed by atoms with E-state index in [1.807, 2.05) is 43.6 Å². The minimum Gasteiger partial charge on any atom is -0.382 e. The van der Waals surface area contributed by atoms with E-state index in [9.17, 15) is 0 Å². The molecule has 0 aliphatic rings. The first-order valence-electron chi connectivity index (χ1n) is 6.41. The number of nitrogens with one attached hydrogen (secondary N) is 1. The second-order valence-corrected chi connectivity index (χ2v) is 5.04. The second-order valence-electron chi connectivity index (χ2n) is 4.13. The van der Waals surface area contributed by atoms with E-state index in [1.165, 1.54) is 0 Å². The van der Waals surface area contributed by atoms with E-state index in [0.717, 1.165) is 42.3 Å². The summed E-state index contributed by atoms with van der Waals surface area (Å²) in [6.45, 7) is 4.47. The lowest BCUT2D eigenvalue weighted by atomic mass is 10.3. The SMILES string of the molecule is CCOCCCn1ccnc1Nc1ccc(Br)cc1. The van der Waals surface area contributed by atoms with E-state index >= 15 is 0 Å². The molecule has 0 spiro atoms. The molecular formula is C14H18BrN3O. The van der Waals surface area contributed by atoms with Crippen LogP contribution in [0.15, 0.2) is 41.1 Å². The fourth-order valence-electron chi connectivity index (χ4n) is 1.76. The van der Waals surface area contributed by atoms with Crippen LogP contribution < -0.4 is 5.32 Å². The van der Waals surface area contributed by atoms with Crippen LogP contribution in [0, 0.1) is 0 Å². The molecule has 0 unspecified atom stereocenters. The summed E-state index contributed by atoms with van der Waals surface area (Å²) in [6, 6.07) is 8.04. The maximum Gasteiger partial charge on any atom is 0.207 e. The summed E-state index contributed by atoms with van der Waals surface area (Å²) in [5.74, 6) is 0.860. The molecule has 2 aromatic rings. The second kappa shape index (κ2) is 7.31. The maximum absolute atomic E-state index is 5.34. The number of hydrogen-bond acceptors (Lipinski definition) is 3. The normalized spacial score (nSPS) is 10.6. The Morgan fingerprint density at radius 2 is 2.11 bits per heavy atom. The van der Waals surface area contributed by atoms with Gasteiger partial charge in [0.25, 0.3) is 0 Å². The molecule has 1 aromatic carbocycles. The zero-order valence-corrected chi connectivity index (χ0v) is 12.6. The van der Waals surface area contributed by atoms with Crippen LogP contribution in [0.4, 0.5) is 11.6 Å². The molecule has 4 nitrogen and oxygen atoms in total. The molecular weight excluding hydrogens is 306 g/mol. The Bertz CT molecular complexity index is 496. The van der Waals surface area contributed by atoms with Gasteiger partial charge in [-0.25, -0.2) is 4.98 Å². The van der Waals surface area contributed by atoms with E-state index in [2.05, 4.69) is 30.8 Å². The smallest absolute Gasteiger partial charge is 0.207 e. The highest BCUT2D eigenvalue weighted by Gasteiger charge is 2.02. The van der Waals surface area contributed by atoms with E-state index in [-0.39, 0.29) is 0 Å². The third-order valence-corrected chi connectivity index (χ3v) is 3.24. The van der Waals surface area contributed by atoms with E-state index < -0.39 is 0 Å². The van der Waals surface area contributed by atoms with Crippen molar-refractivity contribution in [2.24, 2.45) is 0 Å². The average molecular weight is 324 g/mol. The van der Waals surface area contributed by atoms with Crippen LogP contribution in [0.1, 0.15) is 13.3 Å². The molecule has 0 atom stereocenters. The molecule has 19 heavy (non-hydrogen) atoms. The molecule has 0 amide bonds. The zero-order valence-electron chi connectivity index (χ0n) is 11.0. The molecule has 1 N–H and O–H groups in total. The number of ether oxygens (including phenoxy) is 1. The number of anilines is 2. The summed E-state index contributed by atoms with van der Waals surface area (Å²) in [5.41, 5.74) is 1.03. The van der Waals surface area contributed by atoms with Crippen molar-refractivity contribution in [1.82, 2.24) is 9.55 Å². The van der Waals surface area contributed by atoms with Crippen molar-refractivity contribution in [3.63, 3.8) is 0 Å². The first-order valence-corrected chi connectivity index (χ1v) is 7.20. The highest BCUT2D eigenvalue weighted by atomic mass is 79.9. The van der Waals surface area contributed by atoms with Crippen molar-refractivity contribution >= 4 is 27.6 Å². The zero-order chi connectivity index (χ0) is 13.5. The lowest BCUT2D eigenvalue weighted by Gasteiger charge is -2.10. The van der Waals surface area contributed by atoms with Gasteiger partial charge in [0.15, 0.2) is 0 Å². The third-order valence-electron chi connectivity index (χ3n) is 2.71. The Balaban J connectivity index is 1.93. The highest BCUT2D eigenvalue weighted by Crippen LogP contribution is 2.18. The predicted octanol–water partition coefficient (Wildman–Crippen LogP) is 3.82. The summed E-state index contributed by atoms with van der Waals surface area (Å²) in [7, 11) is 0. The summed E-state index contributed by atoms with van der Waals surface area (Å²) >= 11 is 3.42. The van der Waals surface area contributed by atoms with Gasteiger partial charge in [0.05, 0.1) is 0 Å². The Hall–Kier alpha value is -1.33. The van der Waals surface area contributed by atoms with Gasteiger partial charge in [0.2, 0.25) is 5.95 Å². The van der Waals surface area contributed by atoms with Gasteiger partial charge in [-0.1, -0.05) is 15.9 Å². The molecule has 2 rings (SSSR count). The van der Waals surface area contributed by atoms with Crippen LogP contribution in [0.3, 0.4) is 0 Å². The van der Waals surface area contributed by atoms with Gasteiger partial charge < -0.3 is 14.6 Å². The molecule has 0 aliphatic carbocycles. The standard InChI is InChI=1S/C14H18BrN3O/c1-2-19-11-3-9-18-10-8-16-14(18)17-13-6-4-12(15)5-7-13/h4-8,10H,2-3,9,11H2,1H3,(H,16,17). The molecule has 0 fully saturated rings. The quantitative estimate of drug-likeness (QED) is 0.787. The fraction of sp³-hybridized carbons (Fsp3) is 0.357. The lowest BCUT2D eigenvalue weighted by molar-refractivity contribution is 0.142. The van der Waals surface area contributed by atoms with Crippen molar-refractivity contribution in [2.75, 3.05) is 18.5 Å². The number of nitrogens with zero attached hydrogens (tertiary/aromatic N) is 2. The minimum atomic E-state index is 0.772. The van der Waals surface area contributed by atoms with Crippen LogP contribution in [0.5, 0.6) is 0 Å². The third kappa shape index (κ3) is 4.36. The number of imidazole rings is 1. The van der Waals surface area contributed by atoms with Gasteiger partial charge in [-0.05, 0) is 37.6 Å². The van der Waals surface area contributed by atoms with Crippen LogP contribution in [0.2, 0.25) is 0 Å². The Morgan fingerprint density at radius 1 is 1.32 bits per heavy atom. The summed E-state index contributed by atoms with van der Waals surface area (Å²) < 4.78 is 8.51. The number of hydrogen-bond donors (Lipinski definition) is 1. The minimum absolute atomic E-state index is 0.772. The topological polar surface area (TPSA) is 39.1 Å². The number of halogens is 1. The largest absolute Gasteiger partial charge is 0.382 e. The van der Waals surface area contributed by atoms with Crippen LogP contribution in [-0.4, -0.2) is 22.8 Å². The molecule has 0 bridgehead atoms. The number of aryl methyl sites for hydroxylation is 1. The molecule has 0 saturated heterocycles. The Labute approximate surface area is 121 Å². The first-order chi connectivity index (χ1) is 9.29. The fourth-order valence-corrected chi connectivity index (χ4v) is 2.02. The van der Waals surface area contributed by atoms with Crippen molar-refractivity contribution < 1.29 is 4.74 Å². The average Bonchev–Trinajstić information content (AvgIpc) is 2.85. The van der Waals surface area contributed by atoms with E-state index in [1.54, 1.807) is 0 Å². The Morgan fingerprint density at radius 3 is 2.84 bits per heavy atom. The van der Waals surface area contributed by atoms with Gasteiger partial charge in [-0.15, -0.1) is 0 Å². The van der Waals surface area contributed by atoms with Crippen LogP contribution in [-0.2, 0) is 11.3 Å².